The molecule has 0 saturated carbocycles. The number of rotatable bonds is 8. The van der Waals surface area contributed by atoms with Gasteiger partial charge in [0, 0.05) is 5.56 Å². The van der Waals surface area contributed by atoms with Crippen molar-refractivity contribution in [1.29, 1.82) is 0 Å². The van der Waals surface area contributed by atoms with Crippen LogP contribution in [0, 0.1) is 0 Å². The third-order valence-corrected chi connectivity index (χ3v) is 5.23. The van der Waals surface area contributed by atoms with Gasteiger partial charge in [-0.25, -0.2) is 10.2 Å². The van der Waals surface area contributed by atoms with Crippen LogP contribution >= 0.6 is 0 Å². The Bertz CT molecular complexity index is 1320. The zero-order valence-electron chi connectivity index (χ0n) is 18.7. The number of carbonyl (C=O) groups excluding carboxylic acids is 2. The summed E-state index contributed by atoms with van der Waals surface area (Å²) in [6.45, 7) is 1.90. The molecule has 0 spiro atoms. The van der Waals surface area contributed by atoms with Crippen molar-refractivity contribution >= 4 is 28.9 Å². The molecule has 0 unspecified atom stereocenters. The first kappa shape index (κ1) is 22.7. The predicted molar refractivity (Wildman–Crippen MR) is 132 cm³/mol. The summed E-state index contributed by atoms with van der Waals surface area (Å²) in [4.78, 5) is 24.8. The van der Waals surface area contributed by atoms with Crippen LogP contribution in [0.4, 0.5) is 0 Å². The summed E-state index contributed by atoms with van der Waals surface area (Å²) in [5.41, 5.74) is 4.68. The number of fused-ring (bicyclic) bond motifs is 1. The van der Waals surface area contributed by atoms with Crippen molar-refractivity contribution in [3.63, 3.8) is 0 Å². The molecule has 0 atom stereocenters. The van der Waals surface area contributed by atoms with E-state index in [9.17, 15) is 9.59 Å². The molecule has 0 bridgehead atoms. The van der Waals surface area contributed by atoms with Gasteiger partial charge < -0.3 is 9.47 Å². The first-order chi connectivity index (χ1) is 16.6. The van der Waals surface area contributed by atoms with Crippen molar-refractivity contribution in [3.8, 4) is 11.5 Å². The van der Waals surface area contributed by atoms with E-state index in [-0.39, 0.29) is 6.61 Å². The monoisotopic (exact) mass is 452 g/mol. The summed E-state index contributed by atoms with van der Waals surface area (Å²) in [7, 11) is 0. The number of ether oxygens (including phenoxy) is 2. The van der Waals surface area contributed by atoms with E-state index in [2.05, 4.69) is 17.5 Å². The molecule has 4 aromatic rings. The maximum absolute atomic E-state index is 12.6. The summed E-state index contributed by atoms with van der Waals surface area (Å²) in [5.74, 6) is 0.0780. The van der Waals surface area contributed by atoms with E-state index < -0.39 is 11.9 Å². The fraction of sp³-hybridized carbons (Fsp3) is 0.107. The minimum absolute atomic E-state index is 0.172. The summed E-state index contributed by atoms with van der Waals surface area (Å²) in [6.07, 6.45) is 2.41. The van der Waals surface area contributed by atoms with Gasteiger partial charge in [0.1, 0.15) is 11.5 Å². The maximum Gasteiger partial charge on any atom is 0.343 e. The predicted octanol–water partition coefficient (Wildman–Crippen LogP) is 5.15. The molecule has 1 N–H and O–H groups in total. The number of hydrazone groups is 1. The Hall–Kier alpha value is -4.45. The second-order valence-corrected chi connectivity index (χ2v) is 7.53. The Labute approximate surface area is 197 Å². The largest absolute Gasteiger partial charge is 0.484 e. The van der Waals surface area contributed by atoms with Gasteiger partial charge in [0.2, 0.25) is 0 Å². The molecule has 0 fully saturated rings. The third kappa shape index (κ3) is 5.66. The molecule has 34 heavy (non-hydrogen) atoms. The molecular formula is C28H24N2O4. The van der Waals surface area contributed by atoms with Gasteiger partial charge >= 0.3 is 5.97 Å². The smallest absolute Gasteiger partial charge is 0.343 e. The fourth-order valence-electron chi connectivity index (χ4n) is 3.40. The molecule has 0 aromatic heterocycles. The van der Waals surface area contributed by atoms with Crippen LogP contribution in [-0.2, 0) is 11.2 Å². The molecule has 0 aliphatic heterocycles. The summed E-state index contributed by atoms with van der Waals surface area (Å²) in [5, 5.41) is 5.87. The lowest BCUT2D eigenvalue weighted by molar-refractivity contribution is -0.123. The standard InChI is InChI=1S/C28H24N2O4/c1-2-20-12-15-23(16-13-20)33-19-27(31)30-29-18-25-24-11-7-6-8-21(24)14-17-26(25)34-28(32)22-9-4-3-5-10-22/h3-18H,2,19H2,1H3,(H,30,31)/b29-18+. The number of aryl methyl sites for hydroxylation is 1. The van der Waals surface area contributed by atoms with E-state index in [1.54, 1.807) is 30.3 Å². The van der Waals surface area contributed by atoms with Gasteiger partial charge in [-0.3, -0.25) is 4.79 Å². The Kier molecular flexibility index (Phi) is 7.30. The van der Waals surface area contributed by atoms with Gasteiger partial charge in [0.15, 0.2) is 6.61 Å². The highest BCUT2D eigenvalue weighted by Crippen LogP contribution is 2.27. The van der Waals surface area contributed by atoms with Crippen molar-refractivity contribution in [3.05, 3.63) is 108 Å². The molecule has 4 rings (SSSR count). The Balaban J connectivity index is 1.47. The highest BCUT2D eigenvalue weighted by atomic mass is 16.5. The number of nitrogens with zero attached hydrogens (tertiary/aromatic N) is 1. The lowest BCUT2D eigenvalue weighted by Crippen LogP contribution is -2.24. The van der Waals surface area contributed by atoms with Crippen LogP contribution in [0.25, 0.3) is 10.8 Å². The molecule has 0 radical (unpaired) electrons. The van der Waals surface area contributed by atoms with Crippen LogP contribution in [0.1, 0.15) is 28.4 Å². The van der Waals surface area contributed by atoms with Crippen LogP contribution in [0.2, 0.25) is 0 Å². The van der Waals surface area contributed by atoms with Crippen LogP contribution < -0.4 is 14.9 Å². The molecule has 0 heterocycles. The first-order valence-corrected chi connectivity index (χ1v) is 11.0. The molecule has 4 aromatic carbocycles. The summed E-state index contributed by atoms with van der Waals surface area (Å²) in [6, 6.07) is 27.6. The molecular weight excluding hydrogens is 428 g/mol. The van der Waals surface area contributed by atoms with Crippen LogP contribution in [0.5, 0.6) is 11.5 Å². The van der Waals surface area contributed by atoms with Gasteiger partial charge in [0.25, 0.3) is 5.91 Å². The first-order valence-electron chi connectivity index (χ1n) is 11.0. The number of benzene rings is 4. The number of hydrogen-bond acceptors (Lipinski definition) is 5. The molecule has 0 aliphatic rings. The normalized spacial score (nSPS) is 10.9. The van der Waals surface area contributed by atoms with Gasteiger partial charge in [-0.2, -0.15) is 5.10 Å². The minimum atomic E-state index is -0.475. The number of amides is 1. The third-order valence-electron chi connectivity index (χ3n) is 5.23. The van der Waals surface area contributed by atoms with E-state index in [1.165, 1.54) is 11.8 Å². The molecule has 1 amide bonds. The SMILES string of the molecule is CCc1ccc(OCC(=O)N/N=C/c2c(OC(=O)c3ccccc3)ccc3ccccc23)cc1. The van der Waals surface area contributed by atoms with E-state index in [0.29, 0.717) is 22.6 Å². The van der Waals surface area contributed by atoms with Gasteiger partial charge in [-0.15, -0.1) is 0 Å². The van der Waals surface area contributed by atoms with Crippen molar-refractivity contribution in [2.75, 3.05) is 6.61 Å². The van der Waals surface area contributed by atoms with Gasteiger partial charge in [-0.05, 0) is 53.1 Å². The van der Waals surface area contributed by atoms with Crippen LogP contribution in [-0.4, -0.2) is 24.7 Å². The maximum atomic E-state index is 12.6. The summed E-state index contributed by atoms with van der Waals surface area (Å²) >= 11 is 0. The lowest BCUT2D eigenvalue weighted by Gasteiger charge is -2.10. The second-order valence-electron chi connectivity index (χ2n) is 7.53. The van der Waals surface area contributed by atoms with Crippen molar-refractivity contribution in [1.82, 2.24) is 5.43 Å². The molecule has 170 valence electrons. The van der Waals surface area contributed by atoms with Crippen LogP contribution in [0.3, 0.4) is 0 Å². The average molecular weight is 453 g/mol. The Morgan fingerprint density at radius 2 is 1.62 bits per heavy atom. The Morgan fingerprint density at radius 3 is 2.38 bits per heavy atom. The quantitative estimate of drug-likeness (QED) is 0.174. The number of hydrogen-bond donors (Lipinski definition) is 1. The van der Waals surface area contributed by atoms with Crippen molar-refractivity contribution in [2.45, 2.75) is 13.3 Å². The molecule has 0 aliphatic carbocycles. The van der Waals surface area contributed by atoms with Crippen molar-refractivity contribution < 1.29 is 19.1 Å². The number of esters is 1. The van der Waals surface area contributed by atoms with E-state index >= 15 is 0 Å². The highest BCUT2D eigenvalue weighted by molar-refractivity contribution is 6.04. The zero-order valence-corrected chi connectivity index (χ0v) is 18.7. The van der Waals surface area contributed by atoms with E-state index in [0.717, 1.165) is 17.2 Å². The number of carbonyl (C=O) groups is 2. The molecule has 0 saturated heterocycles. The topological polar surface area (TPSA) is 77.0 Å². The second kappa shape index (κ2) is 10.9. The van der Waals surface area contributed by atoms with Crippen molar-refractivity contribution in [2.24, 2.45) is 5.10 Å². The van der Waals surface area contributed by atoms with Crippen LogP contribution in [0.15, 0.2) is 96.1 Å². The number of nitrogens with one attached hydrogen (secondary N) is 1. The highest BCUT2D eigenvalue weighted by Gasteiger charge is 2.13. The van der Waals surface area contributed by atoms with Gasteiger partial charge in [0.05, 0.1) is 11.8 Å². The van der Waals surface area contributed by atoms with E-state index in [4.69, 9.17) is 9.47 Å². The van der Waals surface area contributed by atoms with E-state index in [1.807, 2.05) is 60.7 Å². The lowest BCUT2D eigenvalue weighted by atomic mass is 10.0. The fourth-order valence-corrected chi connectivity index (χ4v) is 3.40. The molecule has 6 nitrogen and oxygen atoms in total. The minimum Gasteiger partial charge on any atom is -0.484 e. The average Bonchev–Trinajstić information content (AvgIpc) is 2.89. The van der Waals surface area contributed by atoms with Gasteiger partial charge in [-0.1, -0.05) is 67.6 Å². The molecule has 6 heteroatoms. The summed E-state index contributed by atoms with van der Waals surface area (Å²) < 4.78 is 11.2. The zero-order chi connectivity index (χ0) is 23.8. The Morgan fingerprint density at radius 1 is 0.882 bits per heavy atom.